The minimum Gasteiger partial charge on any atom is -0.490 e. The smallest absolute Gasteiger partial charge is 0.331 e. The van der Waals surface area contributed by atoms with Crippen LogP contribution in [0.15, 0.2) is 43.0 Å². The Hall–Kier alpha value is -3.07. The number of rotatable bonds is 9. The molecule has 1 amide bonds. The summed E-state index contributed by atoms with van der Waals surface area (Å²) in [6, 6.07) is 9.09. The maximum Gasteiger partial charge on any atom is 0.331 e. The fourth-order valence-electron chi connectivity index (χ4n) is 1.63. The largest absolute Gasteiger partial charge is 0.490 e. The van der Waals surface area contributed by atoms with Crippen molar-refractivity contribution in [2.45, 2.75) is 6.42 Å². The number of esters is 1. The lowest BCUT2D eigenvalue weighted by molar-refractivity contribution is -0.147. The van der Waals surface area contributed by atoms with E-state index in [4.69, 9.17) is 14.7 Å². The van der Waals surface area contributed by atoms with Gasteiger partial charge in [-0.15, -0.1) is 0 Å². The molecule has 0 saturated heterocycles. The predicted molar refractivity (Wildman–Crippen MR) is 90.0 cm³/mol. The van der Waals surface area contributed by atoms with Gasteiger partial charge in [0.1, 0.15) is 12.4 Å². The highest BCUT2D eigenvalue weighted by Crippen LogP contribution is 2.13. The van der Waals surface area contributed by atoms with Crippen LogP contribution in [0.4, 0.5) is 0 Å². The van der Waals surface area contributed by atoms with E-state index >= 15 is 0 Å². The molecule has 0 aromatic heterocycles. The van der Waals surface area contributed by atoms with Crippen LogP contribution in [-0.4, -0.2) is 43.6 Å². The molecule has 1 aromatic rings. The summed E-state index contributed by atoms with van der Waals surface area (Å²) in [5, 5.41) is 8.46. The van der Waals surface area contributed by atoms with E-state index in [1.807, 2.05) is 6.07 Å². The Labute approximate surface area is 141 Å². The summed E-state index contributed by atoms with van der Waals surface area (Å²) in [5.74, 6) is -0.250. The second-order valence-electron chi connectivity index (χ2n) is 4.83. The van der Waals surface area contributed by atoms with E-state index in [9.17, 15) is 9.59 Å². The van der Waals surface area contributed by atoms with E-state index in [1.165, 1.54) is 11.0 Å². The lowest BCUT2D eigenvalue weighted by Crippen LogP contribution is -2.31. The van der Waals surface area contributed by atoms with Crippen LogP contribution in [0.25, 0.3) is 6.08 Å². The first kappa shape index (κ1) is 19.0. The van der Waals surface area contributed by atoms with E-state index in [0.717, 1.165) is 5.56 Å². The Bertz CT molecular complexity index is 629. The standard InChI is InChI=1S/C18H20N2O4/c1-3-13-23-16-8-5-15(6-9-16)7-10-18(22)24-14-17(21)20(2)12-4-11-19/h3,5-10H,1,4,12-14H2,2H3/b10-7+. The van der Waals surface area contributed by atoms with Crippen LogP contribution in [0.5, 0.6) is 5.75 Å². The number of ether oxygens (including phenoxy) is 2. The van der Waals surface area contributed by atoms with E-state index < -0.39 is 5.97 Å². The molecule has 0 N–H and O–H groups in total. The summed E-state index contributed by atoms with van der Waals surface area (Å²) in [4.78, 5) is 24.6. The zero-order valence-electron chi connectivity index (χ0n) is 13.6. The fraction of sp³-hybridized carbons (Fsp3) is 0.278. The molecule has 6 heteroatoms. The zero-order valence-corrected chi connectivity index (χ0v) is 13.6. The number of likely N-dealkylation sites (N-methyl/N-ethyl adjacent to an activating group) is 1. The Morgan fingerprint density at radius 2 is 2.04 bits per heavy atom. The molecule has 24 heavy (non-hydrogen) atoms. The molecule has 0 aliphatic carbocycles. The van der Waals surface area contributed by atoms with Crippen LogP contribution in [0.2, 0.25) is 0 Å². The van der Waals surface area contributed by atoms with Gasteiger partial charge in [-0.25, -0.2) is 4.79 Å². The van der Waals surface area contributed by atoms with Gasteiger partial charge in [-0.05, 0) is 23.8 Å². The number of hydrogen-bond donors (Lipinski definition) is 0. The van der Waals surface area contributed by atoms with Gasteiger partial charge in [-0.3, -0.25) is 4.79 Å². The lowest BCUT2D eigenvalue weighted by atomic mass is 10.2. The minimum absolute atomic E-state index is 0.239. The van der Waals surface area contributed by atoms with Gasteiger partial charge in [0.15, 0.2) is 6.61 Å². The summed E-state index contributed by atoms with van der Waals surface area (Å²) in [7, 11) is 1.55. The van der Waals surface area contributed by atoms with Gasteiger partial charge in [-0.2, -0.15) is 5.26 Å². The highest BCUT2D eigenvalue weighted by atomic mass is 16.5. The van der Waals surface area contributed by atoms with Gasteiger partial charge in [0, 0.05) is 19.7 Å². The Morgan fingerprint density at radius 1 is 1.33 bits per heavy atom. The molecular weight excluding hydrogens is 308 g/mol. The fourth-order valence-corrected chi connectivity index (χ4v) is 1.63. The number of nitrogens with zero attached hydrogens (tertiary/aromatic N) is 2. The van der Waals surface area contributed by atoms with Crippen LogP contribution >= 0.6 is 0 Å². The molecule has 0 bridgehead atoms. The Morgan fingerprint density at radius 3 is 2.67 bits per heavy atom. The summed E-state index contributed by atoms with van der Waals surface area (Å²) in [5.41, 5.74) is 0.801. The van der Waals surface area contributed by atoms with Crippen molar-refractivity contribution in [3.63, 3.8) is 0 Å². The topological polar surface area (TPSA) is 79.6 Å². The van der Waals surface area contributed by atoms with E-state index in [2.05, 4.69) is 6.58 Å². The minimum atomic E-state index is -0.607. The van der Waals surface area contributed by atoms with Crippen LogP contribution in [-0.2, 0) is 14.3 Å². The number of hydrogen-bond acceptors (Lipinski definition) is 5. The van der Waals surface area contributed by atoms with Crippen LogP contribution < -0.4 is 4.74 Å². The number of benzene rings is 1. The summed E-state index contributed by atoms with van der Waals surface area (Å²) < 4.78 is 10.2. The number of carbonyl (C=O) groups excluding carboxylic acids is 2. The van der Waals surface area contributed by atoms with Crippen molar-refractivity contribution in [3.8, 4) is 11.8 Å². The third-order valence-corrected chi connectivity index (χ3v) is 2.98. The normalized spacial score (nSPS) is 10.0. The third-order valence-electron chi connectivity index (χ3n) is 2.98. The molecule has 0 aliphatic rings. The predicted octanol–water partition coefficient (Wildman–Crippen LogP) is 2.18. The maximum atomic E-state index is 11.6. The van der Waals surface area contributed by atoms with Crippen molar-refractivity contribution in [1.82, 2.24) is 4.90 Å². The Balaban J connectivity index is 2.41. The van der Waals surface area contributed by atoms with Crippen molar-refractivity contribution < 1.29 is 19.1 Å². The quantitative estimate of drug-likeness (QED) is 0.394. The zero-order chi connectivity index (χ0) is 17.8. The highest BCUT2D eigenvalue weighted by molar-refractivity contribution is 5.89. The van der Waals surface area contributed by atoms with Crippen molar-refractivity contribution in [1.29, 1.82) is 5.26 Å². The molecule has 0 radical (unpaired) electrons. The molecule has 0 unspecified atom stereocenters. The summed E-state index contributed by atoms with van der Waals surface area (Å²) >= 11 is 0. The van der Waals surface area contributed by atoms with Crippen LogP contribution in [0.3, 0.4) is 0 Å². The monoisotopic (exact) mass is 328 g/mol. The second kappa shape index (κ2) is 10.6. The van der Waals surface area contributed by atoms with E-state index in [1.54, 1.807) is 43.5 Å². The number of amides is 1. The van der Waals surface area contributed by atoms with E-state index in [0.29, 0.717) is 18.9 Å². The SMILES string of the molecule is C=CCOc1ccc(/C=C/C(=O)OCC(=O)N(C)CCC#N)cc1. The van der Waals surface area contributed by atoms with Crippen molar-refractivity contribution in [2.75, 3.05) is 26.8 Å². The van der Waals surface area contributed by atoms with Gasteiger partial charge < -0.3 is 14.4 Å². The van der Waals surface area contributed by atoms with Gasteiger partial charge in [0.05, 0.1) is 12.5 Å². The van der Waals surface area contributed by atoms with Gasteiger partial charge in [0.2, 0.25) is 0 Å². The molecule has 0 heterocycles. The highest BCUT2D eigenvalue weighted by Gasteiger charge is 2.10. The lowest BCUT2D eigenvalue weighted by Gasteiger charge is -2.14. The van der Waals surface area contributed by atoms with Gasteiger partial charge >= 0.3 is 5.97 Å². The molecule has 0 aliphatic heterocycles. The molecule has 6 nitrogen and oxygen atoms in total. The molecular formula is C18H20N2O4. The summed E-state index contributed by atoms with van der Waals surface area (Å²) in [6.45, 7) is 3.96. The first-order chi connectivity index (χ1) is 11.6. The third kappa shape index (κ3) is 7.27. The van der Waals surface area contributed by atoms with Crippen LogP contribution in [0, 0.1) is 11.3 Å². The molecule has 0 fully saturated rings. The first-order valence-corrected chi connectivity index (χ1v) is 7.36. The first-order valence-electron chi connectivity index (χ1n) is 7.36. The molecule has 1 rings (SSSR count). The molecule has 0 saturated carbocycles. The average Bonchev–Trinajstić information content (AvgIpc) is 2.61. The summed E-state index contributed by atoms with van der Waals surface area (Å²) in [6.07, 6.45) is 4.73. The maximum absolute atomic E-state index is 11.6. The van der Waals surface area contributed by atoms with Crippen molar-refractivity contribution in [3.05, 3.63) is 48.6 Å². The van der Waals surface area contributed by atoms with Gasteiger partial charge in [-0.1, -0.05) is 24.8 Å². The average molecular weight is 328 g/mol. The molecule has 0 spiro atoms. The second-order valence-corrected chi connectivity index (χ2v) is 4.83. The van der Waals surface area contributed by atoms with Crippen molar-refractivity contribution in [2.24, 2.45) is 0 Å². The molecule has 126 valence electrons. The molecule has 1 aromatic carbocycles. The van der Waals surface area contributed by atoms with Crippen molar-refractivity contribution >= 4 is 18.0 Å². The van der Waals surface area contributed by atoms with Gasteiger partial charge in [0.25, 0.3) is 5.91 Å². The van der Waals surface area contributed by atoms with E-state index in [-0.39, 0.29) is 18.9 Å². The number of nitriles is 1. The number of carbonyl (C=O) groups is 2. The Kier molecular flexibility index (Phi) is 8.40. The molecule has 0 atom stereocenters. The van der Waals surface area contributed by atoms with Crippen LogP contribution in [0.1, 0.15) is 12.0 Å².